The van der Waals surface area contributed by atoms with Gasteiger partial charge in [0, 0.05) is 51.0 Å². The molecule has 226 valence electrons. The van der Waals surface area contributed by atoms with Gasteiger partial charge in [0.1, 0.15) is 22.6 Å². The molecular weight excluding hydrogens is 567 g/mol. The number of benzene rings is 2. The third-order valence-corrected chi connectivity index (χ3v) is 9.73. The molecule has 3 aromatic rings. The van der Waals surface area contributed by atoms with Crippen LogP contribution in [0.2, 0.25) is 0 Å². The number of nitrogens with two attached hydrogens (primary N) is 1. The van der Waals surface area contributed by atoms with Crippen molar-refractivity contribution in [1.82, 2.24) is 9.88 Å². The number of carbonyl (C=O) groups excluding carboxylic acids is 1. The normalized spacial score (nSPS) is 16.3. The fourth-order valence-electron chi connectivity index (χ4n) is 6.53. The zero-order valence-electron chi connectivity index (χ0n) is 24.8. The minimum Gasteiger partial charge on any atom is -0.370 e. The lowest BCUT2D eigenvalue weighted by molar-refractivity contribution is 0.0744. The first kappa shape index (κ1) is 30.4. The minimum atomic E-state index is -3.92. The molecule has 0 spiro atoms. The summed E-state index contributed by atoms with van der Waals surface area (Å²) in [7, 11) is -3.92. The number of aromatic nitrogens is 1. The van der Waals surface area contributed by atoms with Crippen LogP contribution in [0.1, 0.15) is 51.0 Å². The van der Waals surface area contributed by atoms with Gasteiger partial charge in [-0.15, -0.1) is 0 Å². The second-order valence-corrected chi connectivity index (χ2v) is 13.1. The second-order valence-electron chi connectivity index (χ2n) is 11.5. The SMILES string of the molecule is Cc1cc(C)c(C(=O)N2CCN(c3ncccc3S(N)(=O)=O)CC2)c(C)c1CC1CCN(c2ccc(F)cc2C#N)CC1. The van der Waals surface area contributed by atoms with E-state index in [-0.39, 0.29) is 10.8 Å². The number of nitrogens with zero attached hydrogens (tertiary/aromatic N) is 5. The van der Waals surface area contributed by atoms with Crippen molar-refractivity contribution in [2.24, 2.45) is 11.1 Å². The number of hydrogen-bond donors (Lipinski definition) is 1. The van der Waals surface area contributed by atoms with Crippen LogP contribution in [-0.2, 0) is 16.4 Å². The summed E-state index contributed by atoms with van der Waals surface area (Å²) in [6.45, 7) is 9.46. The Labute approximate surface area is 252 Å². The molecule has 43 heavy (non-hydrogen) atoms. The van der Waals surface area contributed by atoms with Gasteiger partial charge in [0.25, 0.3) is 5.91 Å². The zero-order chi connectivity index (χ0) is 30.9. The first-order chi connectivity index (χ1) is 20.5. The summed E-state index contributed by atoms with van der Waals surface area (Å²) >= 11 is 0. The second kappa shape index (κ2) is 12.3. The van der Waals surface area contributed by atoms with Crippen molar-refractivity contribution in [3.63, 3.8) is 0 Å². The van der Waals surface area contributed by atoms with Crippen LogP contribution < -0.4 is 14.9 Å². The van der Waals surface area contributed by atoms with Crippen molar-refractivity contribution in [3.05, 3.63) is 81.8 Å². The number of piperidine rings is 1. The van der Waals surface area contributed by atoms with Crippen LogP contribution in [0.25, 0.3) is 0 Å². The van der Waals surface area contributed by atoms with Crippen LogP contribution in [0.5, 0.6) is 0 Å². The van der Waals surface area contributed by atoms with Crippen molar-refractivity contribution in [2.45, 2.75) is 44.9 Å². The number of hydrogen-bond acceptors (Lipinski definition) is 7. The smallest absolute Gasteiger partial charge is 0.254 e. The Morgan fingerprint density at radius 1 is 1.02 bits per heavy atom. The fourth-order valence-corrected chi connectivity index (χ4v) is 7.24. The summed E-state index contributed by atoms with van der Waals surface area (Å²) < 4.78 is 37.8. The van der Waals surface area contributed by atoms with Crippen LogP contribution in [0.4, 0.5) is 15.9 Å². The summed E-state index contributed by atoms with van der Waals surface area (Å²) in [5.41, 5.74) is 6.21. The summed E-state index contributed by atoms with van der Waals surface area (Å²) in [5, 5.41) is 14.9. The number of rotatable bonds is 6. The number of piperazine rings is 1. The third kappa shape index (κ3) is 6.36. The molecule has 0 aliphatic carbocycles. The van der Waals surface area contributed by atoms with E-state index in [9.17, 15) is 22.9 Å². The highest BCUT2D eigenvalue weighted by Gasteiger charge is 2.29. The zero-order valence-corrected chi connectivity index (χ0v) is 25.6. The van der Waals surface area contributed by atoms with E-state index >= 15 is 0 Å². The number of sulfonamides is 1. The lowest BCUT2D eigenvalue weighted by atomic mass is 9.83. The molecule has 5 rings (SSSR count). The maximum atomic E-state index is 13.9. The topological polar surface area (TPSA) is 124 Å². The highest BCUT2D eigenvalue weighted by Crippen LogP contribution is 2.32. The van der Waals surface area contributed by atoms with E-state index in [0.29, 0.717) is 43.5 Å². The number of primary sulfonamides is 1. The van der Waals surface area contributed by atoms with Gasteiger partial charge < -0.3 is 14.7 Å². The van der Waals surface area contributed by atoms with Gasteiger partial charge in [-0.3, -0.25) is 4.79 Å². The van der Waals surface area contributed by atoms with E-state index in [2.05, 4.69) is 28.9 Å². The maximum absolute atomic E-state index is 13.9. The molecule has 0 atom stereocenters. The van der Waals surface area contributed by atoms with Gasteiger partial charge in [0.15, 0.2) is 0 Å². The molecule has 0 bridgehead atoms. The number of pyridine rings is 1. The monoisotopic (exact) mass is 604 g/mol. The Morgan fingerprint density at radius 3 is 2.37 bits per heavy atom. The molecule has 9 nitrogen and oxygen atoms in total. The van der Waals surface area contributed by atoms with E-state index in [1.54, 1.807) is 12.1 Å². The molecule has 2 N–H and O–H groups in total. The molecule has 0 unspecified atom stereocenters. The van der Waals surface area contributed by atoms with Gasteiger partial charge >= 0.3 is 0 Å². The Hall–Kier alpha value is -4.01. The van der Waals surface area contributed by atoms with Crippen molar-refractivity contribution >= 4 is 27.4 Å². The molecule has 1 aromatic heterocycles. The Morgan fingerprint density at radius 2 is 1.72 bits per heavy atom. The van der Waals surface area contributed by atoms with Crippen molar-refractivity contribution in [2.75, 3.05) is 49.1 Å². The molecule has 2 saturated heterocycles. The average Bonchev–Trinajstić information content (AvgIpc) is 2.99. The number of aryl methyl sites for hydroxylation is 2. The minimum absolute atomic E-state index is 0.0150. The van der Waals surface area contributed by atoms with Crippen LogP contribution >= 0.6 is 0 Å². The largest absolute Gasteiger partial charge is 0.370 e. The Bertz CT molecular complexity index is 1690. The quantitative estimate of drug-likeness (QED) is 0.450. The maximum Gasteiger partial charge on any atom is 0.254 e. The van der Waals surface area contributed by atoms with Crippen molar-refractivity contribution in [3.8, 4) is 6.07 Å². The molecule has 0 saturated carbocycles. The first-order valence-electron chi connectivity index (χ1n) is 14.5. The summed E-state index contributed by atoms with van der Waals surface area (Å²) in [4.78, 5) is 24.0. The molecule has 2 aliphatic rings. The summed E-state index contributed by atoms with van der Waals surface area (Å²) in [6.07, 6.45) is 4.28. The highest BCUT2D eigenvalue weighted by molar-refractivity contribution is 7.89. The molecule has 0 radical (unpaired) electrons. The Kier molecular flexibility index (Phi) is 8.71. The molecule has 2 aromatic carbocycles. The van der Waals surface area contributed by atoms with Gasteiger partial charge in [-0.1, -0.05) is 6.07 Å². The molecule has 3 heterocycles. The highest BCUT2D eigenvalue weighted by atomic mass is 32.2. The van der Waals surface area contributed by atoms with E-state index in [4.69, 9.17) is 5.14 Å². The van der Waals surface area contributed by atoms with E-state index in [0.717, 1.165) is 54.7 Å². The standard InChI is InChI=1S/C32H37FN6O3S/c1-21-17-22(2)30(32(40)39-15-13-38(14-16-39)31-29(43(35,41)42)5-4-10-36-31)23(3)27(21)18-24-8-11-37(12-9-24)28-7-6-26(33)19-25(28)20-34/h4-7,10,17,19,24H,8-9,11-16,18H2,1-3H3,(H2,35,41,42). The molecule has 2 aliphatic heterocycles. The van der Waals surface area contributed by atoms with E-state index < -0.39 is 15.8 Å². The van der Waals surface area contributed by atoms with Crippen molar-refractivity contribution in [1.29, 1.82) is 5.26 Å². The molecule has 1 amide bonds. The first-order valence-corrected chi connectivity index (χ1v) is 16.1. The van der Waals surface area contributed by atoms with Crippen LogP contribution in [0, 0.1) is 43.8 Å². The predicted molar refractivity (Wildman–Crippen MR) is 164 cm³/mol. The third-order valence-electron chi connectivity index (χ3n) is 8.80. The molecular formula is C32H37FN6O3S. The Balaban J connectivity index is 1.27. The number of carbonyl (C=O) groups is 1. The predicted octanol–water partition coefficient (Wildman–Crippen LogP) is 4.09. The van der Waals surface area contributed by atoms with Gasteiger partial charge in [0.2, 0.25) is 10.0 Å². The average molecular weight is 605 g/mol. The van der Waals surface area contributed by atoms with E-state index in [1.165, 1.54) is 35.5 Å². The fraction of sp³-hybridized carbons (Fsp3) is 0.406. The number of nitriles is 1. The number of amides is 1. The number of halogens is 1. The van der Waals surface area contributed by atoms with Gasteiger partial charge in [-0.25, -0.2) is 22.9 Å². The van der Waals surface area contributed by atoms with Gasteiger partial charge in [-0.05, 0) is 98.5 Å². The van der Waals surface area contributed by atoms with E-state index in [1.807, 2.05) is 23.6 Å². The van der Waals surface area contributed by atoms with Crippen LogP contribution in [0.15, 0.2) is 47.5 Å². The van der Waals surface area contributed by atoms with Crippen LogP contribution in [0.3, 0.4) is 0 Å². The summed E-state index contributed by atoms with van der Waals surface area (Å²) in [6, 6.07) is 11.6. The van der Waals surface area contributed by atoms with Crippen LogP contribution in [-0.4, -0.2) is 63.5 Å². The molecule has 11 heteroatoms. The summed E-state index contributed by atoms with van der Waals surface area (Å²) in [5.74, 6) is 0.326. The lowest BCUT2D eigenvalue weighted by Gasteiger charge is -2.37. The van der Waals surface area contributed by atoms with Gasteiger partial charge in [0.05, 0.1) is 11.3 Å². The van der Waals surface area contributed by atoms with Gasteiger partial charge in [-0.2, -0.15) is 5.26 Å². The molecule has 2 fully saturated rings. The lowest BCUT2D eigenvalue weighted by Crippen LogP contribution is -2.49. The van der Waals surface area contributed by atoms with Crippen molar-refractivity contribution < 1.29 is 17.6 Å². The number of anilines is 2.